The Morgan fingerprint density at radius 2 is 1.97 bits per heavy atom. The molecule has 5 nitrogen and oxygen atoms in total. The van der Waals surface area contributed by atoms with Gasteiger partial charge in [0.2, 0.25) is 5.88 Å². The highest BCUT2D eigenvalue weighted by atomic mass is 32.2. The third kappa shape index (κ3) is 4.26. The smallest absolute Gasteiger partial charge is 0.230 e. The molecule has 4 rings (SSSR count). The number of aromatic nitrogens is 1. The lowest BCUT2D eigenvalue weighted by Gasteiger charge is -2.37. The molecule has 0 saturated carbocycles. The first kappa shape index (κ1) is 21.2. The highest BCUT2D eigenvalue weighted by molar-refractivity contribution is 7.98. The lowest BCUT2D eigenvalue weighted by Crippen LogP contribution is -2.42. The molecule has 1 N–H and O–H groups in total. The van der Waals surface area contributed by atoms with Gasteiger partial charge in [0.15, 0.2) is 5.84 Å². The van der Waals surface area contributed by atoms with Gasteiger partial charge in [-0.15, -0.1) is 11.8 Å². The van der Waals surface area contributed by atoms with Crippen LogP contribution in [0, 0.1) is 13.8 Å². The fourth-order valence-corrected chi connectivity index (χ4v) is 4.63. The zero-order valence-electron chi connectivity index (χ0n) is 18.3. The molecule has 2 heterocycles. The van der Waals surface area contributed by atoms with Crippen LogP contribution in [0.1, 0.15) is 35.7 Å². The van der Waals surface area contributed by atoms with E-state index >= 15 is 0 Å². The Labute approximate surface area is 187 Å². The topological polar surface area (TPSA) is 58.0 Å². The van der Waals surface area contributed by atoms with Crippen molar-refractivity contribution >= 4 is 23.3 Å². The van der Waals surface area contributed by atoms with Gasteiger partial charge < -0.3 is 14.8 Å². The second kappa shape index (κ2) is 9.02. The number of oxime groups is 1. The molecule has 1 unspecified atom stereocenters. The largest absolute Gasteiger partial charge is 0.438 e. The first-order chi connectivity index (χ1) is 15.0. The molecule has 160 valence electrons. The van der Waals surface area contributed by atoms with Crippen molar-refractivity contribution < 1.29 is 9.94 Å². The van der Waals surface area contributed by atoms with Crippen LogP contribution in [-0.2, 0) is 6.42 Å². The molecule has 1 atom stereocenters. The monoisotopic (exact) mass is 433 g/mol. The summed E-state index contributed by atoms with van der Waals surface area (Å²) in [6, 6.07) is 18.3. The van der Waals surface area contributed by atoms with E-state index in [0.29, 0.717) is 23.0 Å². The van der Waals surface area contributed by atoms with Crippen molar-refractivity contribution in [1.29, 1.82) is 0 Å². The van der Waals surface area contributed by atoms with Crippen molar-refractivity contribution in [2.24, 2.45) is 5.16 Å². The summed E-state index contributed by atoms with van der Waals surface area (Å²) in [6.45, 7) is 6.14. The van der Waals surface area contributed by atoms with Gasteiger partial charge in [-0.05, 0) is 87.4 Å². The average Bonchev–Trinajstić information content (AvgIpc) is 2.77. The van der Waals surface area contributed by atoms with Crippen LogP contribution >= 0.6 is 11.8 Å². The Morgan fingerprint density at radius 1 is 1.16 bits per heavy atom. The second-order valence-electron chi connectivity index (χ2n) is 7.85. The Bertz CT molecular complexity index is 1130. The third-order valence-corrected chi connectivity index (χ3v) is 6.57. The van der Waals surface area contributed by atoms with Gasteiger partial charge in [-0.1, -0.05) is 23.4 Å². The Morgan fingerprint density at radius 3 is 2.71 bits per heavy atom. The highest BCUT2D eigenvalue weighted by Gasteiger charge is 2.30. The molecular weight excluding hydrogens is 406 g/mol. The average molecular weight is 434 g/mol. The number of benzene rings is 2. The van der Waals surface area contributed by atoms with E-state index < -0.39 is 0 Å². The SMILES string of the molecule is CSc1ccc(Oc2nc(C)ccc2/C(=N/O)N2c3ccccc3CCC2C)cc1C. The lowest BCUT2D eigenvalue weighted by molar-refractivity contribution is 0.317. The predicted molar refractivity (Wildman–Crippen MR) is 127 cm³/mol. The van der Waals surface area contributed by atoms with Gasteiger partial charge >= 0.3 is 0 Å². The van der Waals surface area contributed by atoms with Gasteiger partial charge in [-0.25, -0.2) is 4.98 Å². The number of rotatable bonds is 4. The molecule has 3 aromatic rings. The molecule has 6 heteroatoms. The molecule has 1 aromatic heterocycles. The van der Waals surface area contributed by atoms with E-state index in [-0.39, 0.29) is 6.04 Å². The number of nitrogens with zero attached hydrogens (tertiary/aromatic N) is 3. The Kier molecular flexibility index (Phi) is 6.18. The van der Waals surface area contributed by atoms with Gasteiger partial charge in [0, 0.05) is 22.3 Å². The van der Waals surface area contributed by atoms with Gasteiger partial charge in [-0.2, -0.15) is 0 Å². The summed E-state index contributed by atoms with van der Waals surface area (Å²) in [5.41, 5.74) is 4.94. The molecule has 0 radical (unpaired) electrons. The quantitative estimate of drug-likeness (QED) is 0.175. The molecule has 0 bridgehead atoms. The molecular formula is C25H27N3O2S. The van der Waals surface area contributed by atoms with Gasteiger partial charge in [0.05, 0.1) is 5.56 Å². The van der Waals surface area contributed by atoms with Gasteiger partial charge in [0.25, 0.3) is 0 Å². The summed E-state index contributed by atoms with van der Waals surface area (Å²) < 4.78 is 6.23. The number of hydrogen-bond donors (Lipinski definition) is 1. The van der Waals surface area contributed by atoms with E-state index in [1.165, 1.54) is 10.5 Å². The van der Waals surface area contributed by atoms with Crippen molar-refractivity contribution in [3.63, 3.8) is 0 Å². The minimum absolute atomic E-state index is 0.179. The molecule has 1 aliphatic heterocycles. The van der Waals surface area contributed by atoms with Gasteiger partial charge in [0.1, 0.15) is 5.75 Å². The number of thioether (sulfide) groups is 1. The number of hydrogen-bond acceptors (Lipinski definition) is 5. The van der Waals surface area contributed by atoms with Crippen molar-refractivity contribution in [3.05, 3.63) is 77.0 Å². The lowest BCUT2D eigenvalue weighted by atomic mass is 9.95. The van der Waals surface area contributed by atoms with E-state index in [4.69, 9.17) is 4.74 Å². The highest BCUT2D eigenvalue weighted by Crippen LogP contribution is 2.35. The molecule has 0 spiro atoms. The van der Waals surface area contributed by atoms with Crippen LogP contribution in [0.15, 0.2) is 64.6 Å². The number of amidine groups is 1. The zero-order valence-corrected chi connectivity index (χ0v) is 19.1. The van der Waals surface area contributed by atoms with E-state index in [1.807, 2.05) is 43.3 Å². The third-order valence-electron chi connectivity index (χ3n) is 5.67. The van der Waals surface area contributed by atoms with E-state index in [1.54, 1.807) is 11.8 Å². The van der Waals surface area contributed by atoms with Crippen LogP contribution in [-0.4, -0.2) is 28.3 Å². The van der Waals surface area contributed by atoms with Crippen molar-refractivity contribution in [2.75, 3.05) is 11.2 Å². The molecule has 1 aliphatic rings. The summed E-state index contributed by atoms with van der Waals surface area (Å²) in [5, 5.41) is 13.8. The summed E-state index contributed by atoms with van der Waals surface area (Å²) >= 11 is 1.71. The predicted octanol–water partition coefficient (Wildman–Crippen LogP) is 6.19. The van der Waals surface area contributed by atoms with Crippen LogP contribution in [0.5, 0.6) is 11.6 Å². The van der Waals surface area contributed by atoms with Crippen LogP contribution in [0.3, 0.4) is 0 Å². The Balaban J connectivity index is 1.77. The molecule has 0 saturated heterocycles. The molecule has 31 heavy (non-hydrogen) atoms. The Hall–Kier alpha value is -2.99. The summed E-state index contributed by atoms with van der Waals surface area (Å²) in [4.78, 5) is 7.93. The van der Waals surface area contributed by atoms with Gasteiger partial charge in [-0.3, -0.25) is 0 Å². The zero-order chi connectivity index (χ0) is 22.0. The van der Waals surface area contributed by atoms with E-state index in [0.717, 1.165) is 29.8 Å². The fourth-order valence-electron chi connectivity index (χ4n) is 4.05. The number of anilines is 1. The first-order valence-electron chi connectivity index (χ1n) is 10.4. The molecule has 0 aliphatic carbocycles. The number of para-hydroxylation sites is 1. The maximum Gasteiger partial charge on any atom is 0.230 e. The van der Waals surface area contributed by atoms with Crippen molar-refractivity contribution in [3.8, 4) is 11.6 Å². The molecule has 0 amide bonds. The first-order valence-corrected chi connectivity index (χ1v) is 11.6. The number of fused-ring (bicyclic) bond motifs is 1. The molecule has 2 aromatic carbocycles. The maximum atomic E-state index is 10.1. The molecule has 0 fully saturated rings. The van der Waals surface area contributed by atoms with Crippen molar-refractivity contribution in [2.45, 2.75) is 44.6 Å². The standard InChI is InChI=1S/C25H27N3O2S/c1-16-15-20(12-14-23(16)31-4)30-25-21(13-9-17(2)26-25)24(27-29)28-18(3)10-11-19-7-5-6-8-22(19)28/h5-9,12-15,18,29H,10-11H2,1-4H3/b27-24-. The summed E-state index contributed by atoms with van der Waals surface area (Å²) in [5.74, 6) is 1.58. The maximum absolute atomic E-state index is 10.1. The van der Waals surface area contributed by atoms with Crippen LogP contribution < -0.4 is 9.64 Å². The minimum Gasteiger partial charge on any atom is -0.438 e. The van der Waals surface area contributed by atoms with Crippen LogP contribution in [0.25, 0.3) is 0 Å². The normalized spacial score (nSPS) is 16.2. The van der Waals surface area contributed by atoms with Crippen LogP contribution in [0.2, 0.25) is 0 Å². The summed E-state index contributed by atoms with van der Waals surface area (Å²) in [6.07, 6.45) is 4.04. The second-order valence-corrected chi connectivity index (χ2v) is 8.70. The fraction of sp³-hybridized carbons (Fsp3) is 0.280. The number of ether oxygens (including phenoxy) is 1. The number of aryl methyl sites for hydroxylation is 3. The van der Waals surface area contributed by atoms with E-state index in [9.17, 15) is 5.21 Å². The minimum atomic E-state index is 0.179. The van der Waals surface area contributed by atoms with Crippen LogP contribution in [0.4, 0.5) is 5.69 Å². The number of pyridine rings is 1. The summed E-state index contributed by atoms with van der Waals surface area (Å²) in [7, 11) is 0. The van der Waals surface area contributed by atoms with Crippen molar-refractivity contribution in [1.82, 2.24) is 4.98 Å². The van der Waals surface area contributed by atoms with E-state index in [2.05, 4.69) is 53.3 Å².